The Bertz CT molecular complexity index is 395. The molecular formula is C12H16N3Rf-. The van der Waals surface area contributed by atoms with E-state index in [0.717, 1.165) is 18.5 Å². The first-order valence-corrected chi connectivity index (χ1v) is 5.07. The van der Waals surface area contributed by atoms with Gasteiger partial charge >= 0.3 is 0 Å². The van der Waals surface area contributed by atoms with Gasteiger partial charge in [-0.2, -0.15) is 11.6 Å². The van der Waals surface area contributed by atoms with Crippen molar-refractivity contribution in [3.8, 4) is 0 Å². The number of rotatable bonds is 1. The van der Waals surface area contributed by atoms with Gasteiger partial charge in [0.1, 0.15) is 0 Å². The Hall–Kier alpha value is -2.51. The Morgan fingerprint density at radius 2 is 2.31 bits per heavy atom. The quantitative estimate of drug-likeness (QED) is 0.594. The maximum absolute atomic E-state index is 5.87. The average Bonchev–Trinajstić information content (AvgIpc) is 2.67. The summed E-state index contributed by atoms with van der Waals surface area (Å²) in [4.78, 5) is 6.40. The Balaban J connectivity index is 0.00000128. The van der Waals surface area contributed by atoms with Gasteiger partial charge in [-0.3, -0.25) is 11.1 Å². The molecule has 1 aliphatic heterocycles. The van der Waals surface area contributed by atoms with Crippen molar-refractivity contribution in [3.63, 3.8) is 0 Å². The van der Waals surface area contributed by atoms with Crippen LogP contribution in [0.2, 0.25) is 0 Å². The molecule has 0 bridgehead atoms. The number of allylic oxidation sites excluding steroid dienone is 3. The van der Waals surface area contributed by atoms with Gasteiger partial charge in [0.15, 0.2) is 5.96 Å². The molecule has 1 heterocycles. The first-order valence-electron chi connectivity index (χ1n) is 5.07. The Kier molecular flexibility index (Phi) is 2.58. The van der Waals surface area contributed by atoms with E-state index < -0.39 is 0 Å². The van der Waals surface area contributed by atoms with Gasteiger partial charge in [-0.1, -0.05) is 19.9 Å². The monoisotopic (exact) mass is 469 g/mol. The molecule has 3 nitrogen and oxygen atoms in total. The first-order chi connectivity index (χ1) is 7.03. The van der Waals surface area contributed by atoms with Crippen molar-refractivity contribution in [3.05, 3.63) is 36.1 Å². The van der Waals surface area contributed by atoms with Gasteiger partial charge in [0.05, 0.1) is 0 Å². The Morgan fingerprint density at radius 3 is 2.81 bits per heavy atom. The van der Waals surface area contributed by atoms with Gasteiger partial charge in [-0.15, -0.1) is 0 Å². The third-order valence-corrected chi connectivity index (χ3v) is 3.12. The van der Waals surface area contributed by atoms with Gasteiger partial charge in [0.25, 0.3) is 0 Å². The molecule has 0 amide bonds. The zero-order valence-electron chi connectivity index (χ0n) is 9.95. The maximum Gasteiger partial charge on any atom is 0.194 e. The van der Waals surface area contributed by atoms with Crippen molar-refractivity contribution in [2.75, 3.05) is 7.05 Å². The summed E-state index contributed by atoms with van der Waals surface area (Å²) in [5.41, 5.74) is 7.92. The van der Waals surface area contributed by atoms with Crippen molar-refractivity contribution in [2.24, 2.45) is 10.7 Å². The SMILES string of the molecule is C=C1C[C@@](C)(C2=C[C-]=CC2)N=C(N)N1C.[Rf]. The van der Waals surface area contributed by atoms with Gasteiger partial charge in [0, 0.05) is 24.7 Å². The average molecular weight is 469 g/mol. The molecule has 16 heavy (non-hydrogen) atoms. The molecule has 4 heteroatoms. The fraction of sp³-hybridized carbons (Fsp3) is 0.417. The van der Waals surface area contributed by atoms with E-state index in [9.17, 15) is 0 Å². The molecule has 0 saturated heterocycles. The van der Waals surface area contributed by atoms with Crippen LogP contribution in [-0.4, -0.2) is 23.4 Å². The fourth-order valence-corrected chi connectivity index (χ4v) is 1.99. The van der Waals surface area contributed by atoms with Gasteiger partial charge in [-0.25, -0.2) is 6.08 Å². The molecule has 0 aromatic carbocycles. The number of nitrogens with zero attached hydrogens (tertiary/aromatic N) is 2. The first kappa shape index (κ1) is 11.6. The molecule has 2 rings (SSSR count). The summed E-state index contributed by atoms with van der Waals surface area (Å²) in [6, 6.07) is 0. The van der Waals surface area contributed by atoms with Crippen LogP contribution in [0.1, 0.15) is 19.8 Å². The van der Waals surface area contributed by atoms with E-state index in [0.29, 0.717) is 5.96 Å². The van der Waals surface area contributed by atoms with Crippen LogP contribution in [0.4, 0.5) is 0 Å². The molecule has 0 aromatic heterocycles. The largest absolute Gasteiger partial charge is 0.370 e. The van der Waals surface area contributed by atoms with Crippen LogP contribution >= 0.6 is 0 Å². The summed E-state index contributed by atoms with van der Waals surface area (Å²) >= 11 is 0. The predicted octanol–water partition coefficient (Wildman–Crippen LogP) is 1.60. The summed E-state index contributed by atoms with van der Waals surface area (Å²) in [6.07, 6.45) is 8.87. The standard InChI is InChI=1S/C12H16N3.Rf/c1-9-8-12(2,10-6-4-5-7-10)14-11(13)15(9)3;/h4,7H,1,6,8H2,2-3H3,(H2,13,14);/q-1;/t12-;/m0./s1. The number of aliphatic imine (C=N–C) groups is 1. The van der Waals surface area contributed by atoms with Crippen LogP contribution in [0.15, 0.2) is 35.0 Å². The topological polar surface area (TPSA) is 41.6 Å². The number of hydrogen-bond acceptors (Lipinski definition) is 3. The normalized spacial score (nSPS) is 28.6. The van der Waals surface area contributed by atoms with Crippen LogP contribution in [0.5, 0.6) is 0 Å². The summed E-state index contributed by atoms with van der Waals surface area (Å²) in [5, 5.41) is 0. The van der Waals surface area contributed by atoms with E-state index in [-0.39, 0.29) is 5.54 Å². The second-order valence-electron chi connectivity index (χ2n) is 4.29. The Morgan fingerprint density at radius 1 is 1.62 bits per heavy atom. The minimum atomic E-state index is -0.228. The van der Waals surface area contributed by atoms with Gasteiger partial charge < -0.3 is 10.6 Å². The van der Waals surface area contributed by atoms with Crippen molar-refractivity contribution < 1.29 is 0 Å². The number of hydrogen-bond donors (Lipinski definition) is 1. The molecule has 1 aliphatic carbocycles. The van der Waals surface area contributed by atoms with Crippen molar-refractivity contribution >= 4 is 5.96 Å². The van der Waals surface area contributed by atoms with E-state index in [1.165, 1.54) is 5.57 Å². The van der Waals surface area contributed by atoms with Crippen LogP contribution in [0.25, 0.3) is 0 Å². The minimum absolute atomic E-state index is 0. The minimum Gasteiger partial charge on any atom is -0.370 e. The fourth-order valence-electron chi connectivity index (χ4n) is 1.99. The molecule has 2 aliphatic rings. The van der Waals surface area contributed by atoms with Crippen LogP contribution in [0.3, 0.4) is 0 Å². The number of nitrogens with two attached hydrogens (primary N) is 1. The molecule has 0 unspecified atom stereocenters. The zero-order valence-corrected chi connectivity index (χ0v) is 16.4. The molecule has 1 atom stereocenters. The van der Waals surface area contributed by atoms with Crippen LogP contribution < -0.4 is 5.73 Å². The van der Waals surface area contributed by atoms with Crippen LogP contribution in [0, 0.1) is 6.08 Å². The van der Waals surface area contributed by atoms with E-state index in [1.807, 2.05) is 24.1 Å². The third-order valence-electron chi connectivity index (χ3n) is 3.12. The molecule has 0 fully saturated rings. The van der Waals surface area contributed by atoms with Gasteiger partial charge in [-0.05, 0) is 0 Å². The van der Waals surface area contributed by atoms with Gasteiger partial charge in [0.2, 0.25) is 0 Å². The van der Waals surface area contributed by atoms with E-state index in [4.69, 9.17) is 5.73 Å². The van der Waals surface area contributed by atoms with Crippen molar-refractivity contribution in [1.29, 1.82) is 0 Å². The summed E-state index contributed by atoms with van der Waals surface area (Å²) in [6.45, 7) is 6.12. The molecule has 0 radical (unpaired) electrons. The predicted molar refractivity (Wildman–Crippen MR) is 62.1 cm³/mol. The van der Waals surface area contributed by atoms with Crippen molar-refractivity contribution in [2.45, 2.75) is 25.3 Å². The molecule has 2 N–H and O–H groups in total. The Labute approximate surface area is 90.7 Å². The summed E-state index contributed by atoms with van der Waals surface area (Å²) in [7, 11) is 1.90. The summed E-state index contributed by atoms with van der Waals surface area (Å²) in [5.74, 6) is 0.543. The summed E-state index contributed by atoms with van der Waals surface area (Å²) < 4.78 is 0. The maximum atomic E-state index is 5.87. The zero-order chi connectivity index (χ0) is 11.1. The second kappa shape index (κ2) is 3.57. The van der Waals surface area contributed by atoms with Crippen LogP contribution in [-0.2, 0) is 0 Å². The smallest absolute Gasteiger partial charge is 0.194 e. The molecule has 0 spiro atoms. The van der Waals surface area contributed by atoms with E-state index >= 15 is 0 Å². The molecule has 82 valence electrons. The molecular weight excluding hydrogens is 453 g/mol. The van der Waals surface area contributed by atoms with E-state index in [1.54, 1.807) is 0 Å². The second-order valence-corrected chi connectivity index (χ2v) is 4.29. The number of guanidine groups is 1. The third kappa shape index (κ3) is 1.56. The molecule has 0 aromatic rings. The van der Waals surface area contributed by atoms with E-state index in [2.05, 4.69) is 24.6 Å². The van der Waals surface area contributed by atoms with Crippen molar-refractivity contribution in [1.82, 2.24) is 4.90 Å². The molecule has 0 saturated carbocycles.